The van der Waals surface area contributed by atoms with Gasteiger partial charge in [0.15, 0.2) is 0 Å². The van der Waals surface area contributed by atoms with Gasteiger partial charge in [-0.25, -0.2) is 0 Å². The van der Waals surface area contributed by atoms with Crippen LogP contribution in [-0.2, 0) is 11.2 Å². The molecule has 1 aromatic rings. The van der Waals surface area contributed by atoms with Crippen LogP contribution in [0.5, 0.6) is 5.75 Å². The molecule has 0 unspecified atom stereocenters. The molecule has 0 aliphatic carbocycles. The molecule has 0 spiro atoms. The minimum absolute atomic E-state index is 0.171. The van der Waals surface area contributed by atoms with Crippen molar-refractivity contribution in [3.05, 3.63) is 29.8 Å². The molecule has 0 aliphatic rings. The first kappa shape index (κ1) is 16.5. The summed E-state index contributed by atoms with van der Waals surface area (Å²) in [5.41, 5.74) is 1.15. The zero-order chi connectivity index (χ0) is 14.8. The summed E-state index contributed by atoms with van der Waals surface area (Å²) in [7, 11) is 3.49. The van der Waals surface area contributed by atoms with Gasteiger partial charge in [0.2, 0.25) is 5.91 Å². The highest BCUT2D eigenvalue weighted by Gasteiger charge is 2.08. The summed E-state index contributed by atoms with van der Waals surface area (Å²) in [5, 5.41) is 8.70. The molecule has 0 saturated heterocycles. The van der Waals surface area contributed by atoms with E-state index in [-0.39, 0.29) is 12.5 Å². The molecule has 0 aliphatic heterocycles. The average Bonchev–Trinajstić information content (AvgIpc) is 2.49. The lowest BCUT2D eigenvalue weighted by Crippen LogP contribution is -2.27. The number of methoxy groups -OCH3 is 1. The maximum atomic E-state index is 12.0. The molecule has 0 bridgehead atoms. The van der Waals surface area contributed by atoms with Crippen LogP contribution in [0.4, 0.5) is 0 Å². The van der Waals surface area contributed by atoms with Crippen LogP contribution in [0, 0.1) is 0 Å². The maximum absolute atomic E-state index is 12.0. The van der Waals surface area contributed by atoms with Crippen molar-refractivity contribution in [2.45, 2.75) is 32.1 Å². The summed E-state index contributed by atoms with van der Waals surface area (Å²) in [5.74, 6) is 1.01. The van der Waals surface area contributed by atoms with E-state index >= 15 is 0 Å². The van der Waals surface area contributed by atoms with Crippen molar-refractivity contribution < 1.29 is 14.6 Å². The van der Waals surface area contributed by atoms with Crippen molar-refractivity contribution in [2.24, 2.45) is 0 Å². The van der Waals surface area contributed by atoms with E-state index in [0.29, 0.717) is 6.42 Å². The Morgan fingerprint density at radius 2 is 1.90 bits per heavy atom. The van der Waals surface area contributed by atoms with Crippen molar-refractivity contribution in [3.8, 4) is 5.75 Å². The fourth-order valence-corrected chi connectivity index (χ4v) is 2.00. The first-order valence-electron chi connectivity index (χ1n) is 7.15. The van der Waals surface area contributed by atoms with Crippen molar-refractivity contribution >= 4 is 5.91 Å². The maximum Gasteiger partial charge on any atom is 0.222 e. The summed E-state index contributed by atoms with van der Waals surface area (Å²) in [6.07, 6.45) is 4.01. The molecule has 0 radical (unpaired) electrons. The molecule has 0 atom stereocenters. The van der Waals surface area contributed by atoms with E-state index < -0.39 is 0 Å². The third kappa shape index (κ3) is 6.06. The number of hydrogen-bond donors (Lipinski definition) is 1. The highest BCUT2D eigenvalue weighted by molar-refractivity contribution is 5.76. The van der Waals surface area contributed by atoms with Gasteiger partial charge >= 0.3 is 0 Å². The third-order valence-corrected chi connectivity index (χ3v) is 3.36. The summed E-state index contributed by atoms with van der Waals surface area (Å²) in [4.78, 5) is 13.7. The van der Waals surface area contributed by atoms with E-state index in [1.165, 1.54) is 0 Å². The second kappa shape index (κ2) is 9.37. The molecule has 1 N–H and O–H groups in total. The van der Waals surface area contributed by atoms with Crippen molar-refractivity contribution in [3.63, 3.8) is 0 Å². The molecule has 0 heterocycles. The lowest BCUT2D eigenvalue weighted by atomic mass is 10.1. The van der Waals surface area contributed by atoms with E-state index in [9.17, 15) is 4.79 Å². The summed E-state index contributed by atoms with van der Waals surface area (Å²) < 4.78 is 5.10. The van der Waals surface area contributed by atoms with Gasteiger partial charge in [0.25, 0.3) is 0 Å². The van der Waals surface area contributed by atoms with Crippen molar-refractivity contribution in [2.75, 3.05) is 27.3 Å². The van der Waals surface area contributed by atoms with Crippen LogP contribution in [-0.4, -0.2) is 43.2 Å². The Kier molecular flexibility index (Phi) is 7.73. The molecule has 0 aromatic heterocycles. The molecular weight excluding hydrogens is 254 g/mol. The number of carbonyl (C=O) groups is 1. The van der Waals surface area contributed by atoms with Gasteiger partial charge in [-0.15, -0.1) is 0 Å². The Labute approximate surface area is 121 Å². The molecular formula is C16H25NO3. The fourth-order valence-electron chi connectivity index (χ4n) is 2.00. The number of aryl methyl sites for hydroxylation is 1. The number of hydrogen-bond acceptors (Lipinski definition) is 3. The topological polar surface area (TPSA) is 49.8 Å². The lowest BCUT2D eigenvalue weighted by Gasteiger charge is -2.17. The highest BCUT2D eigenvalue weighted by atomic mass is 16.5. The van der Waals surface area contributed by atoms with Gasteiger partial charge in [-0.2, -0.15) is 0 Å². The smallest absolute Gasteiger partial charge is 0.222 e. The van der Waals surface area contributed by atoms with Crippen LogP contribution in [0.15, 0.2) is 24.3 Å². The second-order valence-corrected chi connectivity index (χ2v) is 4.95. The number of carbonyl (C=O) groups excluding carboxylic acids is 1. The molecule has 1 amide bonds. The van der Waals surface area contributed by atoms with E-state index in [1.807, 2.05) is 31.3 Å². The number of rotatable bonds is 9. The van der Waals surface area contributed by atoms with Crippen LogP contribution < -0.4 is 4.74 Å². The Bertz CT molecular complexity index is 389. The third-order valence-electron chi connectivity index (χ3n) is 3.36. The van der Waals surface area contributed by atoms with Crippen LogP contribution in [0.3, 0.4) is 0 Å². The van der Waals surface area contributed by atoms with Crippen LogP contribution in [0.2, 0.25) is 0 Å². The minimum atomic E-state index is 0.171. The quantitative estimate of drug-likeness (QED) is 0.705. The summed E-state index contributed by atoms with van der Waals surface area (Å²) >= 11 is 0. The number of nitrogens with zero attached hydrogens (tertiary/aromatic N) is 1. The monoisotopic (exact) mass is 279 g/mol. The van der Waals surface area contributed by atoms with Gasteiger partial charge < -0.3 is 14.7 Å². The Morgan fingerprint density at radius 3 is 2.50 bits per heavy atom. The normalized spacial score (nSPS) is 10.3. The SMILES string of the molecule is COc1ccc(CCC(=O)N(C)CCCCCO)cc1. The number of aliphatic hydroxyl groups excluding tert-OH is 1. The van der Waals surface area contributed by atoms with Gasteiger partial charge in [0.05, 0.1) is 7.11 Å². The number of amides is 1. The molecule has 1 aromatic carbocycles. The van der Waals surface area contributed by atoms with Crippen LogP contribution in [0.1, 0.15) is 31.2 Å². The number of benzene rings is 1. The van der Waals surface area contributed by atoms with Gasteiger partial charge in [-0.3, -0.25) is 4.79 Å². The van der Waals surface area contributed by atoms with E-state index in [4.69, 9.17) is 9.84 Å². The first-order chi connectivity index (χ1) is 9.67. The van der Waals surface area contributed by atoms with Gasteiger partial charge in [0, 0.05) is 26.6 Å². The van der Waals surface area contributed by atoms with Crippen molar-refractivity contribution in [1.29, 1.82) is 0 Å². The fraction of sp³-hybridized carbons (Fsp3) is 0.562. The molecule has 1 rings (SSSR count). The molecule has 20 heavy (non-hydrogen) atoms. The van der Waals surface area contributed by atoms with E-state index in [0.717, 1.165) is 43.5 Å². The molecule has 0 saturated carbocycles. The van der Waals surface area contributed by atoms with E-state index in [2.05, 4.69) is 0 Å². The first-order valence-corrected chi connectivity index (χ1v) is 7.15. The van der Waals surface area contributed by atoms with Crippen LogP contribution in [0.25, 0.3) is 0 Å². The van der Waals surface area contributed by atoms with Crippen molar-refractivity contribution in [1.82, 2.24) is 4.90 Å². The summed E-state index contributed by atoms with van der Waals surface area (Å²) in [6, 6.07) is 7.82. The minimum Gasteiger partial charge on any atom is -0.497 e. The number of ether oxygens (including phenoxy) is 1. The molecule has 0 fully saturated rings. The zero-order valence-electron chi connectivity index (χ0n) is 12.5. The van der Waals surface area contributed by atoms with Gasteiger partial charge in [0.1, 0.15) is 5.75 Å². The van der Waals surface area contributed by atoms with Gasteiger partial charge in [-0.05, 0) is 43.4 Å². The highest BCUT2D eigenvalue weighted by Crippen LogP contribution is 2.13. The number of unbranched alkanes of at least 4 members (excludes halogenated alkanes) is 2. The molecule has 4 nitrogen and oxygen atoms in total. The average molecular weight is 279 g/mol. The standard InChI is InChI=1S/C16H25NO3/c1-17(12-4-3-5-13-18)16(19)11-8-14-6-9-15(20-2)10-7-14/h6-7,9-10,18H,3-5,8,11-13H2,1-2H3. The number of aliphatic hydroxyl groups is 1. The zero-order valence-corrected chi connectivity index (χ0v) is 12.5. The van der Waals surface area contributed by atoms with Crippen LogP contribution >= 0.6 is 0 Å². The molecule has 112 valence electrons. The van der Waals surface area contributed by atoms with Gasteiger partial charge in [-0.1, -0.05) is 12.1 Å². The van der Waals surface area contributed by atoms with E-state index in [1.54, 1.807) is 12.0 Å². The lowest BCUT2D eigenvalue weighted by molar-refractivity contribution is -0.129. The predicted molar refractivity (Wildman–Crippen MR) is 79.9 cm³/mol. The second-order valence-electron chi connectivity index (χ2n) is 4.95. The largest absolute Gasteiger partial charge is 0.497 e. The Morgan fingerprint density at radius 1 is 1.20 bits per heavy atom. The molecule has 4 heteroatoms. The predicted octanol–water partition coefficient (Wildman–Crippen LogP) is 2.25. The Hall–Kier alpha value is -1.55. The summed E-state index contributed by atoms with van der Waals surface area (Å²) in [6.45, 7) is 0.997. The Balaban J connectivity index is 2.27.